The highest BCUT2D eigenvalue weighted by atomic mass is 16.5. The minimum Gasteiger partial charge on any atom is -0.478 e. The standard InChI is InChI=1S/C15H25N3O/c1-3-4-10-19-14-11-13(16-2)17-15(18-14)12-8-6-5-7-9-12/h11-12H,3-10H2,1-2H3,(H,16,17,18). The first-order valence-corrected chi connectivity index (χ1v) is 7.53. The maximum Gasteiger partial charge on any atom is 0.218 e. The average Bonchev–Trinajstić information content (AvgIpc) is 2.48. The van der Waals surface area contributed by atoms with E-state index in [0.717, 1.165) is 31.1 Å². The van der Waals surface area contributed by atoms with Gasteiger partial charge in [-0.15, -0.1) is 0 Å². The van der Waals surface area contributed by atoms with Crippen LogP contribution in [-0.2, 0) is 0 Å². The molecule has 0 amide bonds. The highest BCUT2D eigenvalue weighted by Crippen LogP contribution is 2.32. The van der Waals surface area contributed by atoms with Gasteiger partial charge in [-0.05, 0) is 19.3 Å². The highest BCUT2D eigenvalue weighted by Gasteiger charge is 2.19. The molecule has 0 unspecified atom stereocenters. The van der Waals surface area contributed by atoms with Crippen LogP contribution < -0.4 is 10.1 Å². The van der Waals surface area contributed by atoms with Crippen LogP contribution in [0.4, 0.5) is 5.82 Å². The Labute approximate surface area is 116 Å². The third-order valence-corrected chi connectivity index (χ3v) is 3.69. The third kappa shape index (κ3) is 4.08. The van der Waals surface area contributed by atoms with Crippen LogP contribution in [-0.4, -0.2) is 23.6 Å². The quantitative estimate of drug-likeness (QED) is 0.794. The van der Waals surface area contributed by atoms with Crippen LogP contribution in [0.3, 0.4) is 0 Å². The van der Waals surface area contributed by atoms with Gasteiger partial charge in [0.25, 0.3) is 0 Å². The molecule has 0 atom stereocenters. The number of anilines is 1. The van der Waals surface area contributed by atoms with Crippen LogP contribution >= 0.6 is 0 Å². The van der Waals surface area contributed by atoms with Gasteiger partial charge in [-0.3, -0.25) is 0 Å². The van der Waals surface area contributed by atoms with Gasteiger partial charge in [0.15, 0.2) is 0 Å². The van der Waals surface area contributed by atoms with Crippen LogP contribution in [0.5, 0.6) is 5.88 Å². The summed E-state index contributed by atoms with van der Waals surface area (Å²) in [4.78, 5) is 9.21. The Bertz CT molecular complexity index is 389. The molecule has 2 rings (SSSR count). The molecule has 1 aromatic heterocycles. The molecule has 0 aromatic carbocycles. The van der Waals surface area contributed by atoms with E-state index >= 15 is 0 Å². The first-order valence-electron chi connectivity index (χ1n) is 7.53. The van der Waals surface area contributed by atoms with E-state index in [1.165, 1.54) is 32.1 Å². The van der Waals surface area contributed by atoms with Crippen molar-refractivity contribution in [3.05, 3.63) is 11.9 Å². The Kier molecular flexibility index (Phi) is 5.43. The molecule has 0 saturated heterocycles. The van der Waals surface area contributed by atoms with Gasteiger partial charge >= 0.3 is 0 Å². The van der Waals surface area contributed by atoms with E-state index in [0.29, 0.717) is 11.8 Å². The zero-order valence-corrected chi connectivity index (χ0v) is 12.1. The molecule has 106 valence electrons. The van der Waals surface area contributed by atoms with E-state index in [1.807, 2.05) is 13.1 Å². The topological polar surface area (TPSA) is 47.0 Å². The number of aromatic nitrogens is 2. The lowest BCUT2D eigenvalue weighted by atomic mass is 9.89. The monoisotopic (exact) mass is 263 g/mol. The van der Waals surface area contributed by atoms with Crippen molar-refractivity contribution in [3.63, 3.8) is 0 Å². The van der Waals surface area contributed by atoms with Gasteiger partial charge in [0.05, 0.1) is 6.61 Å². The Morgan fingerprint density at radius 2 is 2.05 bits per heavy atom. The van der Waals surface area contributed by atoms with Crippen LogP contribution in [0.2, 0.25) is 0 Å². The van der Waals surface area contributed by atoms with Crippen molar-refractivity contribution in [2.75, 3.05) is 19.0 Å². The van der Waals surface area contributed by atoms with Gasteiger partial charge in [0.2, 0.25) is 5.88 Å². The minimum absolute atomic E-state index is 0.510. The van der Waals surface area contributed by atoms with Gasteiger partial charge in [-0.2, -0.15) is 4.98 Å². The predicted octanol–water partition coefficient (Wildman–Crippen LogP) is 3.74. The van der Waals surface area contributed by atoms with E-state index < -0.39 is 0 Å². The summed E-state index contributed by atoms with van der Waals surface area (Å²) in [6.07, 6.45) is 8.57. The third-order valence-electron chi connectivity index (χ3n) is 3.69. The summed E-state index contributed by atoms with van der Waals surface area (Å²) in [5.74, 6) is 3.05. The maximum atomic E-state index is 5.73. The highest BCUT2D eigenvalue weighted by molar-refractivity contribution is 5.38. The van der Waals surface area contributed by atoms with Gasteiger partial charge in [0, 0.05) is 19.0 Å². The summed E-state index contributed by atoms with van der Waals surface area (Å²) in [6.45, 7) is 2.90. The van der Waals surface area contributed by atoms with Gasteiger partial charge in [-0.1, -0.05) is 32.6 Å². The van der Waals surface area contributed by atoms with Crippen molar-refractivity contribution >= 4 is 5.82 Å². The van der Waals surface area contributed by atoms with Crippen molar-refractivity contribution < 1.29 is 4.74 Å². The van der Waals surface area contributed by atoms with E-state index in [4.69, 9.17) is 4.74 Å². The van der Waals surface area contributed by atoms with Crippen LogP contribution in [0, 0.1) is 0 Å². The second kappa shape index (κ2) is 7.31. The molecule has 1 aliphatic rings. The summed E-state index contributed by atoms with van der Waals surface area (Å²) in [7, 11) is 1.89. The fraction of sp³-hybridized carbons (Fsp3) is 0.733. The van der Waals surface area contributed by atoms with Crippen LogP contribution in [0.1, 0.15) is 63.6 Å². The van der Waals surface area contributed by atoms with E-state index in [9.17, 15) is 0 Å². The molecule has 1 fully saturated rings. The number of ether oxygens (including phenoxy) is 1. The lowest BCUT2D eigenvalue weighted by Crippen LogP contribution is -2.11. The van der Waals surface area contributed by atoms with Gasteiger partial charge in [-0.25, -0.2) is 4.98 Å². The van der Waals surface area contributed by atoms with Crippen molar-refractivity contribution in [1.82, 2.24) is 9.97 Å². The summed E-state index contributed by atoms with van der Waals surface area (Å²) < 4.78 is 5.73. The largest absolute Gasteiger partial charge is 0.478 e. The second-order valence-electron chi connectivity index (χ2n) is 5.24. The minimum atomic E-state index is 0.510. The number of nitrogens with one attached hydrogen (secondary N) is 1. The summed E-state index contributed by atoms with van der Waals surface area (Å²) in [5, 5.41) is 3.11. The van der Waals surface area contributed by atoms with Crippen molar-refractivity contribution in [2.45, 2.75) is 57.8 Å². The smallest absolute Gasteiger partial charge is 0.218 e. The molecule has 1 saturated carbocycles. The second-order valence-corrected chi connectivity index (χ2v) is 5.24. The van der Waals surface area contributed by atoms with E-state index in [2.05, 4.69) is 22.2 Å². The number of rotatable bonds is 6. The predicted molar refractivity (Wildman–Crippen MR) is 77.8 cm³/mol. The normalized spacial score (nSPS) is 16.3. The zero-order valence-electron chi connectivity index (χ0n) is 12.1. The van der Waals surface area contributed by atoms with E-state index in [-0.39, 0.29) is 0 Å². The Morgan fingerprint density at radius 3 is 2.74 bits per heavy atom. The summed E-state index contributed by atoms with van der Waals surface area (Å²) in [5.41, 5.74) is 0. The Morgan fingerprint density at radius 1 is 1.26 bits per heavy atom. The molecular weight excluding hydrogens is 238 g/mol. The SMILES string of the molecule is CCCCOc1cc(NC)nc(C2CCCCC2)n1. The lowest BCUT2D eigenvalue weighted by Gasteiger charge is -2.21. The molecule has 4 nitrogen and oxygen atoms in total. The van der Waals surface area contributed by atoms with E-state index in [1.54, 1.807) is 0 Å². The molecule has 0 bridgehead atoms. The molecule has 0 spiro atoms. The summed E-state index contributed by atoms with van der Waals surface area (Å²) >= 11 is 0. The molecule has 1 aliphatic carbocycles. The number of unbranched alkanes of at least 4 members (excludes halogenated alkanes) is 1. The van der Waals surface area contributed by atoms with Gasteiger partial charge in [0.1, 0.15) is 11.6 Å². The molecule has 1 heterocycles. The molecule has 19 heavy (non-hydrogen) atoms. The number of nitrogens with zero attached hydrogens (tertiary/aromatic N) is 2. The molecule has 1 aromatic rings. The lowest BCUT2D eigenvalue weighted by molar-refractivity contribution is 0.294. The maximum absolute atomic E-state index is 5.73. The van der Waals surface area contributed by atoms with Crippen molar-refractivity contribution in [3.8, 4) is 5.88 Å². The molecule has 0 radical (unpaired) electrons. The zero-order chi connectivity index (χ0) is 13.5. The first kappa shape index (κ1) is 14.1. The summed E-state index contributed by atoms with van der Waals surface area (Å²) in [6, 6.07) is 1.89. The van der Waals surface area contributed by atoms with Crippen LogP contribution in [0.15, 0.2) is 6.07 Å². The number of hydrogen-bond acceptors (Lipinski definition) is 4. The Balaban J connectivity index is 2.10. The Hall–Kier alpha value is -1.32. The molecule has 0 aliphatic heterocycles. The van der Waals surface area contributed by atoms with Gasteiger partial charge < -0.3 is 10.1 Å². The molecule has 4 heteroatoms. The molecule has 1 N–H and O–H groups in total. The number of hydrogen-bond donors (Lipinski definition) is 1. The first-order chi connectivity index (χ1) is 9.33. The fourth-order valence-electron chi connectivity index (χ4n) is 2.51. The van der Waals surface area contributed by atoms with Crippen LogP contribution in [0.25, 0.3) is 0 Å². The van der Waals surface area contributed by atoms with Crippen molar-refractivity contribution in [2.24, 2.45) is 0 Å². The molecular formula is C15H25N3O. The van der Waals surface area contributed by atoms with Crippen molar-refractivity contribution in [1.29, 1.82) is 0 Å². The average molecular weight is 263 g/mol. The fourth-order valence-corrected chi connectivity index (χ4v) is 2.51.